The van der Waals surface area contributed by atoms with Gasteiger partial charge in [0.2, 0.25) is 0 Å². The molecule has 1 nitrogen and oxygen atoms in total. The minimum absolute atomic E-state index is 0.150. The van der Waals surface area contributed by atoms with Gasteiger partial charge in [0, 0.05) is 5.92 Å². The maximum absolute atomic E-state index is 10.4. The zero-order chi connectivity index (χ0) is 14.2. The van der Waals surface area contributed by atoms with E-state index in [1.165, 1.54) is 37.7 Å². The largest absolute Gasteiger partial charge is 0.392 e. The van der Waals surface area contributed by atoms with Crippen LogP contribution in [0.5, 0.6) is 0 Å². The van der Waals surface area contributed by atoms with Gasteiger partial charge < -0.3 is 5.11 Å². The Balaban J connectivity index is 1.72. The van der Waals surface area contributed by atoms with E-state index in [-0.39, 0.29) is 12.0 Å². The van der Waals surface area contributed by atoms with Crippen molar-refractivity contribution in [3.05, 3.63) is 48.0 Å². The smallest absolute Gasteiger partial charge is 0.0628 e. The highest BCUT2D eigenvalue weighted by Gasteiger charge is 2.24. The zero-order valence-corrected chi connectivity index (χ0v) is 12.7. The summed E-state index contributed by atoms with van der Waals surface area (Å²) in [5.74, 6) is 0.811. The Morgan fingerprint density at radius 2 is 1.85 bits per heavy atom. The van der Waals surface area contributed by atoms with Gasteiger partial charge in [-0.3, -0.25) is 0 Å². The normalized spacial score (nSPS) is 20.1. The molecule has 0 heterocycles. The van der Waals surface area contributed by atoms with E-state index in [2.05, 4.69) is 49.4 Å². The topological polar surface area (TPSA) is 20.2 Å². The molecular weight excluding hydrogens is 244 g/mol. The maximum atomic E-state index is 10.4. The van der Waals surface area contributed by atoms with E-state index >= 15 is 0 Å². The molecule has 20 heavy (non-hydrogen) atoms. The van der Waals surface area contributed by atoms with Gasteiger partial charge in [0.25, 0.3) is 0 Å². The van der Waals surface area contributed by atoms with Crippen LogP contribution in [0, 0.1) is 11.8 Å². The van der Waals surface area contributed by atoms with E-state index in [1.807, 2.05) is 0 Å². The van der Waals surface area contributed by atoms with E-state index < -0.39 is 0 Å². The monoisotopic (exact) mass is 272 g/mol. The van der Waals surface area contributed by atoms with Crippen molar-refractivity contribution in [2.45, 2.75) is 58.0 Å². The lowest BCUT2D eigenvalue weighted by molar-refractivity contribution is 0.0556. The molecule has 0 radical (unpaired) electrons. The van der Waals surface area contributed by atoms with Gasteiger partial charge in [-0.1, -0.05) is 68.7 Å². The molecule has 0 bridgehead atoms. The summed E-state index contributed by atoms with van der Waals surface area (Å²) in [4.78, 5) is 0. The molecule has 0 unspecified atom stereocenters. The van der Waals surface area contributed by atoms with Crippen molar-refractivity contribution >= 4 is 0 Å². The fraction of sp³-hybridized carbons (Fsp3) is 0.579. The van der Waals surface area contributed by atoms with Gasteiger partial charge >= 0.3 is 0 Å². The maximum Gasteiger partial charge on any atom is 0.0628 e. The van der Waals surface area contributed by atoms with Crippen molar-refractivity contribution in [2.24, 2.45) is 11.8 Å². The van der Waals surface area contributed by atoms with E-state index in [1.54, 1.807) is 0 Å². The van der Waals surface area contributed by atoms with Crippen molar-refractivity contribution in [3.63, 3.8) is 0 Å². The number of allylic oxidation sites excluding steroid dienone is 1. The summed E-state index contributed by atoms with van der Waals surface area (Å²) in [5.41, 5.74) is 1.39. The number of aliphatic hydroxyl groups excluding tert-OH is 1. The average Bonchev–Trinajstić information content (AvgIpc) is 2.52. The Morgan fingerprint density at radius 1 is 1.15 bits per heavy atom. The van der Waals surface area contributed by atoms with Crippen molar-refractivity contribution in [1.29, 1.82) is 0 Å². The molecule has 0 amide bonds. The Morgan fingerprint density at radius 3 is 2.55 bits per heavy atom. The number of aliphatic hydroxyl groups is 1. The lowest BCUT2D eigenvalue weighted by Gasteiger charge is -2.29. The van der Waals surface area contributed by atoms with Gasteiger partial charge in [0.1, 0.15) is 0 Å². The molecule has 2 atom stereocenters. The molecule has 1 saturated carbocycles. The standard InChI is InChI=1S/C19H28O/c1-16(19(20)18-14-6-3-7-15-18)10-8-9-13-17-11-4-2-5-12-17/h2,4-5,8,10-12,16,18-20H,3,6-7,9,13-15H2,1H3/b10-8+/t16-,19+/m1/s1. The average molecular weight is 272 g/mol. The van der Waals surface area contributed by atoms with Crippen molar-refractivity contribution in [3.8, 4) is 0 Å². The molecule has 110 valence electrons. The molecule has 1 heteroatoms. The number of aryl methyl sites for hydroxylation is 1. The lowest BCUT2D eigenvalue weighted by atomic mass is 9.81. The minimum Gasteiger partial charge on any atom is -0.392 e. The molecule has 1 fully saturated rings. The van der Waals surface area contributed by atoms with Crippen LogP contribution in [0.3, 0.4) is 0 Å². The third-order valence-corrected chi connectivity index (χ3v) is 4.55. The van der Waals surface area contributed by atoms with Crippen molar-refractivity contribution < 1.29 is 5.11 Å². The third-order valence-electron chi connectivity index (χ3n) is 4.55. The summed E-state index contributed by atoms with van der Waals surface area (Å²) in [6, 6.07) is 10.6. The Bertz CT molecular complexity index is 389. The molecule has 0 aliphatic heterocycles. The Labute approximate surface area is 123 Å². The molecule has 0 saturated heterocycles. The van der Waals surface area contributed by atoms with Crippen LogP contribution in [0.4, 0.5) is 0 Å². The van der Waals surface area contributed by atoms with E-state index in [0.717, 1.165) is 12.8 Å². The zero-order valence-electron chi connectivity index (χ0n) is 12.7. The number of hydrogen-bond acceptors (Lipinski definition) is 1. The Hall–Kier alpha value is -1.08. The van der Waals surface area contributed by atoms with Crippen LogP contribution in [-0.2, 0) is 6.42 Å². The van der Waals surface area contributed by atoms with Gasteiger partial charge in [-0.05, 0) is 37.2 Å². The molecule has 0 spiro atoms. The second-order valence-electron chi connectivity index (χ2n) is 6.20. The molecule has 1 aromatic rings. The highest BCUT2D eigenvalue weighted by Crippen LogP contribution is 2.29. The third kappa shape index (κ3) is 4.79. The number of benzene rings is 1. The summed E-state index contributed by atoms with van der Waals surface area (Å²) in [6.45, 7) is 2.15. The van der Waals surface area contributed by atoms with Gasteiger partial charge in [0.05, 0.1) is 6.10 Å². The summed E-state index contributed by atoms with van der Waals surface area (Å²) < 4.78 is 0. The second kappa shape index (κ2) is 8.26. The summed E-state index contributed by atoms with van der Waals surface area (Å²) in [7, 11) is 0. The summed E-state index contributed by atoms with van der Waals surface area (Å²) >= 11 is 0. The molecule has 1 N–H and O–H groups in total. The van der Waals surface area contributed by atoms with Crippen molar-refractivity contribution in [2.75, 3.05) is 0 Å². The molecular formula is C19H28O. The summed E-state index contributed by atoms with van der Waals surface area (Å²) in [6.07, 6.45) is 12.8. The van der Waals surface area contributed by atoms with Crippen LogP contribution < -0.4 is 0 Å². The van der Waals surface area contributed by atoms with Crippen molar-refractivity contribution in [1.82, 2.24) is 0 Å². The van der Waals surface area contributed by atoms with Crippen LogP contribution >= 0.6 is 0 Å². The van der Waals surface area contributed by atoms with Gasteiger partial charge in [-0.15, -0.1) is 0 Å². The number of rotatable bonds is 6. The first-order valence-electron chi connectivity index (χ1n) is 8.16. The lowest BCUT2D eigenvalue weighted by Crippen LogP contribution is -2.28. The Kier molecular flexibility index (Phi) is 6.32. The SMILES string of the molecule is C[C@H](/C=C/CCc1ccccc1)[C@H](O)C1CCCCC1. The van der Waals surface area contributed by atoms with Crippen LogP contribution in [0.2, 0.25) is 0 Å². The minimum atomic E-state index is -0.150. The summed E-state index contributed by atoms with van der Waals surface area (Å²) in [5, 5.41) is 10.4. The first kappa shape index (κ1) is 15.3. The predicted molar refractivity (Wildman–Crippen MR) is 85.6 cm³/mol. The van der Waals surface area contributed by atoms with Crippen LogP contribution in [-0.4, -0.2) is 11.2 Å². The second-order valence-corrected chi connectivity index (χ2v) is 6.20. The quantitative estimate of drug-likeness (QED) is 0.741. The van der Waals surface area contributed by atoms with Crippen LogP contribution in [0.1, 0.15) is 51.0 Å². The molecule has 2 rings (SSSR count). The molecule has 1 aliphatic carbocycles. The van der Waals surface area contributed by atoms with Gasteiger partial charge in [-0.25, -0.2) is 0 Å². The van der Waals surface area contributed by atoms with Gasteiger partial charge in [-0.2, -0.15) is 0 Å². The molecule has 1 aliphatic rings. The van der Waals surface area contributed by atoms with E-state index in [0.29, 0.717) is 5.92 Å². The fourth-order valence-electron chi connectivity index (χ4n) is 3.22. The predicted octanol–water partition coefficient (Wildman–Crippen LogP) is 4.75. The highest BCUT2D eigenvalue weighted by molar-refractivity contribution is 5.15. The van der Waals surface area contributed by atoms with E-state index in [4.69, 9.17) is 0 Å². The molecule has 0 aromatic heterocycles. The van der Waals surface area contributed by atoms with Crippen LogP contribution in [0.15, 0.2) is 42.5 Å². The van der Waals surface area contributed by atoms with Gasteiger partial charge in [0.15, 0.2) is 0 Å². The highest BCUT2D eigenvalue weighted by atomic mass is 16.3. The first-order chi connectivity index (χ1) is 9.77. The number of hydrogen-bond donors (Lipinski definition) is 1. The molecule has 1 aromatic carbocycles. The van der Waals surface area contributed by atoms with Crippen LogP contribution in [0.25, 0.3) is 0 Å². The van der Waals surface area contributed by atoms with E-state index in [9.17, 15) is 5.11 Å². The fourth-order valence-corrected chi connectivity index (χ4v) is 3.22. The first-order valence-corrected chi connectivity index (χ1v) is 8.16.